The molecule has 18 aromatic carbocycles. The molecule has 4 aliphatic rings. The summed E-state index contributed by atoms with van der Waals surface area (Å²) in [5.41, 5.74) is 29.0. The first-order valence-corrected chi connectivity index (χ1v) is 45.0. The number of para-hydroxylation sites is 8. The topological polar surface area (TPSA) is 97.1 Å². The van der Waals surface area contributed by atoms with Crippen LogP contribution >= 0.6 is 23.5 Å². The van der Waals surface area contributed by atoms with Gasteiger partial charge in [0.15, 0.2) is 34.9 Å². The molecule has 0 radical (unpaired) electrons. The van der Waals surface area contributed by atoms with E-state index in [4.69, 9.17) is 29.9 Å². The second-order valence-corrected chi connectivity index (χ2v) is 35.6. The number of hydrogen-bond acceptors (Lipinski definition) is 8. The van der Waals surface area contributed by atoms with Gasteiger partial charge in [-0.2, -0.15) is 0 Å². The third kappa shape index (κ3) is 10.5. The van der Waals surface area contributed by atoms with Gasteiger partial charge in [-0.3, -0.25) is 0 Å². The van der Waals surface area contributed by atoms with E-state index in [0.29, 0.717) is 34.9 Å². The Morgan fingerprint density at radius 1 is 0.180 bits per heavy atom. The minimum atomic E-state index is -0.596. The van der Waals surface area contributed by atoms with E-state index >= 15 is 0 Å². The second-order valence-electron chi connectivity index (χ2n) is 33.4. The van der Waals surface area contributed by atoms with Crippen LogP contribution in [0.4, 0.5) is 0 Å². The summed E-state index contributed by atoms with van der Waals surface area (Å²) in [5.74, 6) is 3.83. The van der Waals surface area contributed by atoms with Gasteiger partial charge in [-0.25, -0.2) is 29.9 Å². The molecule has 4 aliphatic heterocycles. The Hall–Kier alpha value is -16.1. The van der Waals surface area contributed by atoms with Gasteiger partial charge in [0.1, 0.15) is 0 Å². The maximum Gasteiger partial charge on any atom is 0.164 e. The zero-order chi connectivity index (χ0) is 83.9. The molecule has 24 aromatic rings. The molecule has 0 aliphatic carbocycles. The molecule has 128 heavy (non-hydrogen) atoms. The monoisotopic (exact) mass is 1670 g/mol. The molecule has 0 saturated carbocycles. The van der Waals surface area contributed by atoms with Crippen molar-refractivity contribution < 1.29 is 0 Å². The van der Waals surface area contributed by atoms with Crippen LogP contribution < -0.4 is 0 Å². The van der Waals surface area contributed by atoms with Crippen molar-refractivity contribution in [1.29, 1.82) is 0 Å². The van der Waals surface area contributed by atoms with Gasteiger partial charge in [0, 0.05) is 107 Å². The summed E-state index contributed by atoms with van der Waals surface area (Å²) in [4.78, 5) is 35.5. The summed E-state index contributed by atoms with van der Waals surface area (Å²) in [5, 5.41) is 9.95. The largest absolute Gasteiger partial charge is 0.309 e. The Bertz CT molecular complexity index is 8680. The predicted octanol–water partition coefficient (Wildman–Crippen LogP) is 28.5. The van der Waals surface area contributed by atoms with Crippen molar-refractivity contribution >= 4 is 111 Å². The highest BCUT2D eigenvalue weighted by molar-refractivity contribution is 8.00. The average molecular weight is 1670 g/mol. The quantitative estimate of drug-likeness (QED) is 0.148. The molecule has 12 heteroatoms. The van der Waals surface area contributed by atoms with Crippen LogP contribution in [-0.2, 0) is 10.8 Å². The molecule has 2 spiro atoms. The first kappa shape index (κ1) is 72.4. The Labute approximate surface area is 744 Å². The van der Waals surface area contributed by atoms with Crippen molar-refractivity contribution in [2.24, 2.45) is 0 Å². The number of rotatable bonds is 8. The third-order valence-corrected chi connectivity index (χ3v) is 29.1. The van der Waals surface area contributed by atoms with Crippen LogP contribution in [0.15, 0.2) is 444 Å². The highest BCUT2D eigenvalue weighted by atomic mass is 32.2. The summed E-state index contributed by atoms with van der Waals surface area (Å²) in [7, 11) is 0. The summed E-state index contributed by atoms with van der Waals surface area (Å²) in [6.07, 6.45) is 0. The van der Waals surface area contributed by atoms with E-state index in [-0.39, 0.29) is 0 Å². The van der Waals surface area contributed by atoms with Gasteiger partial charge in [-0.05, 0) is 129 Å². The molecule has 2 unspecified atom stereocenters. The van der Waals surface area contributed by atoms with Crippen LogP contribution in [0.3, 0.4) is 0 Å². The van der Waals surface area contributed by atoms with Crippen LogP contribution in [-0.4, -0.2) is 48.2 Å². The molecule has 0 fully saturated rings. The number of fused-ring (bicyclic) bond motifs is 29. The summed E-state index contributed by atoms with van der Waals surface area (Å²) in [6, 6.07) is 154. The van der Waals surface area contributed by atoms with E-state index in [1.807, 2.05) is 96.3 Å². The zero-order valence-electron chi connectivity index (χ0n) is 68.7. The first-order valence-electron chi connectivity index (χ1n) is 43.4. The number of nitrogens with zero attached hydrogens (tertiary/aromatic N) is 10. The lowest BCUT2D eigenvalue weighted by molar-refractivity contribution is 0.691. The van der Waals surface area contributed by atoms with Crippen molar-refractivity contribution in [2.75, 3.05) is 0 Å². The standard InChI is InChI=1S/2C58H35N5S/c1-3-17-36(18-4-1)55-59-56(37-19-5-2-6-20-37)61-57(60-55)38-21-15-22-39(33-38)62-48-29-11-8-24-41(48)43-34-47-53(35-51(43)62)64-52-32-14-10-27-45(52)58(47)44-26-9-13-31-50(44)63-49-30-12-7-23-40(49)42-25-16-28-46(58)54(42)63;1-3-17-36(18-4-1)55-59-56(37-19-5-2-6-20-37)61-57(60-55)38-21-15-22-39(35-38)62-48-29-11-7-24-41(48)43-33-34-47-54(53(43)62)64-51-32-14-10-27-45(51)58(47)44-26-9-13-31-50(44)63-49-30-12-8-23-40(49)42-25-16-28-46(58)52(42)63/h2*1-35H. The molecule has 0 amide bonds. The molecular formula is C116H70N10S2. The summed E-state index contributed by atoms with van der Waals surface area (Å²) < 4.78 is 9.93. The zero-order valence-corrected chi connectivity index (χ0v) is 70.3. The van der Waals surface area contributed by atoms with Crippen LogP contribution in [0.25, 0.3) is 178 Å². The smallest absolute Gasteiger partial charge is 0.164 e. The van der Waals surface area contributed by atoms with Gasteiger partial charge in [0.05, 0.1) is 66.3 Å². The maximum absolute atomic E-state index is 5.14. The van der Waals surface area contributed by atoms with E-state index in [1.165, 1.54) is 146 Å². The third-order valence-electron chi connectivity index (χ3n) is 26.8. The Morgan fingerprint density at radius 2 is 0.508 bits per heavy atom. The SMILES string of the molecule is c1ccc(-c2nc(-c3ccccc3)nc(-c3cccc(-n4c5ccccc5c5cc6c(cc54)Sc4ccccc4C64c5ccccc5-n5c6ccccc6c6cccc4c65)c3)n2)cc1.c1ccc(-c2nc(-c3ccccc3)nc(-c3cccc(-n4c5ccccc5c5ccc6c(c54)Sc4ccccc4C64c5ccccc5-n5c6ccccc6c6cccc4c65)c3)n2)cc1. The number of aromatic nitrogens is 10. The Balaban J connectivity index is 0.000000132. The molecule has 0 N–H and O–H groups in total. The van der Waals surface area contributed by atoms with Crippen molar-refractivity contribution in [2.45, 2.75) is 30.4 Å². The van der Waals surface area contributed by atoms with Gasteiger partial charge in [-0.15, -0.1) is 0 Å². The van der Waals surface area contributed by atoms with Crippen molar-refractivity contribution in [3.05, 3.63) is 469 Å². The van der Waals surface area contributed by atoms with Crippen LogP contribution in [0.2, 0.25) is 0 Å². The normalized spacial score (nSPS) is 14.9. The molecule has 10 nitrogen and oxygen atoms in total. The number of benzene rings is 18. The maximum atomic E-state index is 5.14. The van der Waals surface area contributed by atoms with Crippen molar-refractivity contribution in [1.82, 2.24) is 48.2 Å². The minimum absolute atomic E-state index is 0.569. The Morgan fingerprint density at radius 3 is 0.977 bits per heavy atom. The lowest BCUT2D eigenvalue weighted by Crippen LogP contribution is -2.37. The first-order chi connectivity index (χ1) is 63.5. The van der Waals surface area contributed by atoms with E-state index in [2.05, 4.69) is 370 Å². The highest BCUT2D eigenvalue weighted by Gasteiger charge is 2.52. The lowest BCUT2D eigenvalue weighted by Gasteiger charge is -2.45. The van der Waals surface area contributed by atoms with Crippen molar-refractivity contribution in [3.8, 4) is 91.1 Å². The van der Waals surface area contributed by atoms with Crippen LogP contribution in [0, 0.1) is 0 Å². The molecule has 2 atom stereocenters. The van der Waals surface area contributed by atoms with E-state index in [9.17, 15) is 0 Å². The van der Waals surface area contributed by atoms with E-state index in [1.54, 1.807) is 0 Å². The molecule has 10 heterocycles. The van der Waals surface area contributed by atoms with Crippen LogP contribution in [0.1, 0.15) is 44.5 Å². The highest BCUT2D eigenvalue weighted by Crippen LogP contribution is 2.65. The predicted molar refractivity (Wildman–Crippen MR) is 522 cm³/mol. The van der Waals surface area contributed by atoms with Gasteiger partial charge >= 0.3 is 0 Å². The molecule has 0 saturated heterocycles. The summed E-state index contributed by atoms with van der Waals surface area (Å²) >= 11 is 3.77. The fraction of sp³-hybridized carbons (Fsp3) is 0.0172. The van der Waals surface area contributed by atoms with Gasteiger partial charge in [-0.1, -0.05) is 363 Å². The Kier molecular flexibility index (Phi) is 15.9. The molecule has 6 aromatic heterocycles. The van der Waals surface area contributed by atoms with Crippen molar-refractivity contribution in [3.63, 3.8) is 0 Å². The minimum Gasteiger partial charge on any atom is -0.309 e. The van der Waals surface area contributed by atoms with Gasteiger partial charge in [0.25, 0.3) is 0 Å². The van der Waals surface area contributed by atoms with E-state index in [0.717, 1.165) is 61.3 Å². The van der Waals surface area contributed by atoms with E-state index < -0.39 is 10.8 Å². The second kappa shape index (κ2) is 28.2. The number of hydrogen-bond donors (Lipinski definition) is 0. The molecule has 596 valence electrons. The average Bonchev–Trinajstić information content (AvgIpc) is 1.37. The van der Waals surface area contributed by atoms with Crippen LogP contribution in [0.5, 0.6) is 0 Å². The fourth-order valence-electron chi connectivity index (χ4n) is 21.6. The molecule has 0 bridgehead atoms. The van der Waals surface area contributed by atoms with Gasteiger partial charge in [0.2, 0.25) is 0 Å². The van der Waals surface area contributed by atoms with Gasteiger partial charge < -0.3 is 18.3 Å². The lowest BCUT2D eigenvalue weighted by atomic mass is 9.62. The summed E-state index contributed by atoms with van der Waals surface area (Å²) in [6.45, 7) is 0. The molecule has 28 rings (SSSR count). The fourth-order valence-corrected chi connectivity index (χ4v) is 24.1. The molecular weight excluding hydrogens is 1600 g/mol.